The molecule has 38 heavy (non-hydrogen) atoms. The molecule has 7 nitrogen and oxygen atoms in total. The molecule has 0 spiro atoms. The SMILES string of the molecule is N#Cc1c(N)nc2sc(C(=O)Nc3ccc(C(=O)/C=C/c4cccs4)cc3)c(N)c2c1-c1ccc(Cl)cc1. The number of pyridine rings is 1. The zero-order chi connectivity index (χ0) is 26.8. The van der Waals surface area contributed by atoms with E-state index in [-0.39, 0.29) is 27.7 Å². The number of hydrogen-bond donors (Lipinski definition) is 3. The molecule has 3 heterocycles. The Hall–Kier alpha value is -4.49. The number of ketones is 1. The molecule has 0 radical (unpaired) electrons. The van der Waals surface area contributed by atoms with Crippen LogP contribution < -0.4 is 16.8 Å². The van der Waals surface area contributed by atoms with Crippen LogP contribution in [-0.4, -0.2) is 16.7 Å². The maximum atomic E-state index is 13.2. The van der Waals surface area contributed by atoms with E-state index in [2.05, 4.69) is 16.4 Å². The molecule has 0 fully saturated rings. The van der Waals surface area contributed by atoms with Crippen LogP contribution in [-0.2, 0) is 0 Å². The van der Waals surface area contributed by atoms with E-state index in [0.717, 1.165) is 16.2 Å². The number of thiophene rings is 2. The molecular formula is C28H18ClN5O2S2. The number of amides is 1. The third-order valence-electron chi connectivity index (χ3n) is 5.73. The molecule has 2 aromatic carbocycles. The Bertz CT molecular complexity index is 1750. The Kier molecular flexibility index (Phi) is 6.94. The molecule has 0 saturated heterocycles. The molecule has 0 aliphatic heterocycles. The van der Waals surface area contributed by atoms with E-state index in [1.54, 1.807) is 65.9 Å². The number of nitrogens with one attached hydrogen (secondary N) is 1. The van der Waals surface area contributed by atoms with Gasteiger partial charge in [-0.25, -0.2) is 4.98 Å². The van der Waals surface area contributed by atoms with Crippen LogP contribution in [0.3, 0.4) is 0 Å². The lowest BCUT2D eigenvalue weighted by atomic mass is 9.97. The van der Waals surface area contributed by atoms with Crippen molar-refractivity contribution in [3.05, 3.63) is 98.0 Å². The summed E-state index contributed by atoms with van der Waals surface area (Å²) in [5.74, 6) is -0.537. The van der Waals surface area contributed by atoms with E-state index in [1.807, 2.05) is 17.5 Å². The molecule has 0 saturated carbocycles. The Balaban J connectivity index is 1.44. The van der Waals surface area contributed by atoms with Gasteiger partial charge in [-0.05, 0) is 65.6 Å². The van der Waals surface area contributed by atoms with Crippen LogP contribution in [0.2, 0.25) is 5.02 Å². The van der Waals surface area contributed by atoms with Gasteiger partial charge in [0.1, 0.15) is 27.2 Å². The summed E-state index contributed by atoms with van der Waals surface area (Å²) in [4.78, 5) is 31.6. The zero-order valence-corrected chi connectivity index (χ0v) is 22.0. The normalized spacial score (nSPS) is 11.1. The minimum Gasteiger partial charge on any atom is -0.397 e. The second-order valence-corrected chi connectivity index (χ2v) is 10.6. The smallest absolute Gasteiger partial charge is 0.267 e. The predicted octanol–water partition coefficient (Wildman–Crippen LogP) is 6.86. The summed E-state index contributed by atoms with van der Waals surface area (Å²) >= 11 is 8.67. The number of benzene rings is 2. The number of nitrogens with two attached hydrogens (primary N) is 2. The van der Waals surface area contributed by atoms with Gasteiger partial charge in [0.05, 0.1) is 5.69 Å². The molecule has 186 valence electrons. The Morgan fingerprint density at radius 1 is 1.05 bits per heavy atom. The van der Waals surface area contributed by atoms with Crippen molar-refractivity contribution >= 4 is 79.5 Å². The number of anilines is 3. The molecular weight excluding hydrogens is 538 g/mol. The third kappa shape index (κ3) is 4.88. The van der Waals surface area contributed by atoms with E-state index in [4.69, 9.17) is 23.1 Å². The summed E-state index contributed by atoms with van der Waals surface area (Å²) in [5.41, 5.74) is 15.1. The molecule has 1 amide bonds. The first kappa shape index (κ1) is 25.2. The average Bonchev–Trinajstić information content (AvgIpc) is 3.55. The molecule has 0 aliphatic carbocycles. The van der Waals surface area contributed by atoms with E-state index < -0.39 is 5.91 Å². The first-order valence-corrected chi connectivity index (χ1v) is 13.3. The monoisotopic (exact) mass is 555 g/mol. The van der Waals surface area contributed by atoms with Gasteiger partial charge in [-0.3, -0.25) is 9.59 Å². The molecule has 5 rings (SSSR count). The van der Waals surface area contributed by atoms with Crippen LogP contribution in [0.5, 0.6) is 0 Å². The maximum Gasteiger partial charge on any atom is 0.267 e. The number of carbonyl (C=O) groups excluding carboxylic acids is 2. The van der Waals surface area contributed by atoms with Gasteiger partial charge in [0.2, 0.25) is 0 Å². The van der Waals surface area contributed by atoms with Gasteiger partial charge in [-0.1, -0.05) is 29.8 Å². The number of aromatic nitrogens is 1. The Labute approximate surface area is 230 Å². The summed E-state index contributed by atoms with van der Waals surface area (Å²) in [6, 6.07) is 19.4. The summed E-state index contributed by atoms with van der Waals surface area (Å²) < 4.78 is 0. The zero-order valence-electron chi connectivity index (χ0n) is 19.6. The molecule has 3 aromatic heterocycles. The van der Waals surface area contributed by atoms with Gasteiger partial charge >= 0.3 is 0 Å². The van der Waals surface area contributed by atoms with E-state index >= 15 is 0 Å². The molecule has 0 unspecified atom stereocenters. The summed E-state index contributed by atoms with van der Waals surface area (Å²) in [5, 5.41) is 15.5. The lowest BCUT2D eigenvalue weighted by Crippen LogP contribution is -2.12. The fraction of sp³-hybridized carbons (Fsp3) is 0. The number of nitrogens with zero attached hydrogens (tertiary/aromatic N) is 2. The number of nitrogen functional groups attached to an aromatic ring is 2. The van der Waals surface area contributed by atoms with Crippen molar-refractivity contribution in [2.75, 3.05) is 16.8 Å². The molecule has 0 atom stereocenters. The van der Waals surface area contributed by atoms with Crippen molar-refractivity contribution in [2.24, 2.45) is 0 Å². The quantitative estimate of drug-likeness (QED) is 0.155. The van der Waals surface area contributed by atoms with Crippen molar-refractivity contribution in [3.63, 3.8) is 0 Å². The Morgan fingerprint density at radius 2 is 1.79 bits per heavy atom. The highest BCUT2D eigenvalue weighted by atomic mass is 35.5. The lowest BCUT2D eigenvalue weighted by Gasteiger charge is -2.10. The number of nitriles is 1. The van der Waals surface area contributed by atoms with Crippen molar-refractivity contribution < 1.29 is 9.59 Å². The topological polar surface area (TPSA) is 135 Å². The van der Waals surface area contributed by atoms with Gasteiger partial charge in [-0.2, -0.15) is 5.26 Å². The lowest BCUT2D eigenvalue weighted by molar-refractivity contribution is 0.102. The number of allylic oxidation sites excluding steroid dienone is 1. The van der Waals surface area contributed by atoms with Gasteiger partial charge in [-0.15, -0.1) is 22.7 Å². The first-order valence-electron chi connectivity index (χ1n) is 11.2. The predicted molar refractivity (Wildman–Crippen MR) is 156 cm³/mol. The largest absolute Gasteiger partial charge is 0.397 e. The van der Waals surface area contributed by atoms with Crippen LogP contribution >= 0.6 is 34.3 Å². The van der Waals surface area contributed by atoms with E-state index in [0.29, 0.717) is 37.6 Å². The van der Waals surface area contributed by atoms with Gasteiger partial charge < -0.3 is 16.8 Å². The van der Waals surface area contributed by atoms with Gasteiger partial charge in [0, 0.05) is 32.1 Å². The highest BCUT2D eigenvalue weighted by Crippen LogP contribution is 2.43. The second kappa shape index (κ2) is 10.5. The fourth-order valence-electron chi connectivity index (χ4n) is 3.90. The maximum absolute atomic E-state index is 13.2. The number of carbonyl (C=O) groups is 2. The van der Waals surface area contributed by atoms with Crippen molar-refractivity contribution in [3.8, 4) is 17.2 Å². The van der Waals surface area contributed by atoms with E-state index in [9.17, 15) is 14.9 Å². The fourth-order valence-corrected chi connectivity index (χ4v) is 5.65. The molecule has 0 bridgehead atoms. The van der Waals surface area contributed by atoms with Crippen LogP contribution in [0.1, 0.15) is 30.5 Å². The highest BCUT2D eigenvalue weighted by Gasteiger charge is 2.24. The van der Waals surface area contributed by atoms with Crippen LogP contribution in [0.4, 0.5) is 17.2 Å². The molecule has 5 N–H and O–H groups in total. The van der Waals surface area contributed by atoms with E-state index in [1.165, 1.54) is 6.08 Å². The average molecular weight is 556 g/mol. The molecule has 0 aliphatic rings. The number of rotatable bonds is 6. The summed E-state index contributed by atoms with van der Waals surface area (Å²) in [7, 11) is 0. The standard InChI is InChI=1S/C28H18ClN5O2S2/c29-17-7-3-16(4-8-17)22-20(14-30)26(32)34-28-23(22)24(31)25(38-28)27(36)33-18-9-5-15(6-10-18)21(35)12-11-19-2-1-13-37-19/h1-13H,31H2,(H2,32,34)(H,33,36)/b12-11+. The molecule has 10 heteroatoms. The Morgan fingerprint density at radius 3 is 2.45 bits per heavy atom. The second-order valence-electron chi connectivity index (χ2n) is 8.14. The number of hydrogen-bond acceptors (Lipinski definition) is 8. The minimum atomic E-state index is -0.443. The van der Waals surface area contributed by atoms with Gasteiger partial charge in [0.15, 0.2) is 5.78 Å². The molecule has 5 aromatic rings. The number of halogens is 1. The van der Waals surface area contributed by atoms with Crippen LogP contribution in [0, 0.1) is 11.3 Å². The number of fused-ring (bicyclic) bond motifs is 1. The minimum absolute atomic E-state index is 0.0477. The summed E-state index contributed by atoms with van der Waals surface area (Å²) in [6.45, 7) is 0. The van der Waals surface area contributed by atoms with Gasteiger partial charge in [0.25, 0.3) is 5.91 Å². The summed E-state index contributed by atoms with van der Waals surface area (Å²) in [6.07, 6.45) is 3.29. The third-order valence-corrected chi connectivity index (χ3v) is 7.91. The van der Waals surface area contributed by atoms with Crippen molar-refractivity contribution in [1.82, 2.24) is 4.98 Å². The van der Waals surface area contributed by atoms with Crippen LogP contribution in [0.25, 0.3) is 27.4 Å². The highest BCUT2D eigenvalue weighted by molar-refractivity contribution is 7.21. The van der Waals surface area contributed by atoms with Crippen molar-refractivity contribution in [1.29, 1.82) is 5.26 Å². The van der Waals surface area contributed by atoms with Crippen LogP contribution in [0.15, 0.2) is 72.1 Å². The van der Waals surface area contributed by atoms with Crippen molar-refractivity contribution in [2.45, 2.75) is 0 Å². The first-order chi connectivity index (χ1) is 18.4.